The van der Waals surface area contributed by atoms with E-state index in [1.165, 1.54) is 77.0 Å². The van der Waals surface area contributed by atoms with Gasteiger partial charge in [-0.05, 0) is 102 Å². The number of rotatable bonds is 48. The van der Waals surface area contributed by atoms with Crippen molar-refractivity contribution in [1.82, 2.24) is 5.32 Å². The smallest absolute Gasteiger partial charge is 0.456 e. The fourth-order valence-corrected chi connectivity index (χ4v) is 7.97. The van der Waals surface area contributed by atoms with E-state index in [1.807, 2.05) is 33.3 Å². The third-order valence-corrected chi connectivity index (χ3v) is 12.5. The Kier molecular flexibility index (Phi) is 46.4. The Hall–Kier alpha value is -3.07. The Morgan fingerprint density at radius 3 is 1.45 bits per heavy atom. The first-order valence-corrected chi connectivity index (χ1v) is 29.1. The van der Waals surface area contributed by atoms with Crippen molar-refractivity contribution < 1.29 is 37.3 Å². The van der Waals surface area contributed by atoms with Crippen LogP contribution in [-0.2, 0) is 27.9 Å². The van der Waals surface area contributed by atoms with Gasteiger partial charge in [-0.1, -0.05) is 195 Å². The molecule has 0 radical (unpaired) electrons. The van der Waals surface area contributed by atoms with Crippen LogP contribution in [0.1, 0.15) is 213 Å². The van der Waals surface area contributed by atoms with Crippen molar-refractivity contribution in [3.05, 3.63) is 97.2 Å². The largest absolute Gasteiger partial charge is 0.472 e. The number of carbonyl (C=O) groups is 2. The molecule has 0 aromatic carbocycles. The maximum absolute atomic E-state index is 13.5. The van der Waals surface area contributed by atoms with E-state index in [4.69, 9.17) is 13.8 Å². The number of unbranched alkanes of at least 4 members (excludes halogenated alkanes) is 18. The average molecular weight is 984 g/mol. The van der Waals surface area contributed by atoms with Gasteiger partial charge in [0.15, 0.2) is 0 Å². The van der Waals surface area contributed by atoms with Crippen molar-refractivity contribution in [3.8, 4) is 0 Å². The fraction of sp³-hybridized carbons (Fsp3) is 0.695. The summed E-state index contributed by atoms with van der Waals surface area (Å²) in [5.41, 5.74) is 0. The number of amides is 1. The van der Waals surface area contributed by atoms with Crippen LogP contribution in [0.15, 0.2) is 97.2 Å². The lowest BCUT2D eigenvalue weighted by Gasteiger charge is -2.27. The number of ether oxygens (including phenoxy) is 1. The fourth-order valence-electron chi connectivity index (χ4n) is 7.24. The standard InChI is InChI=1S/C59H103N2O7P/c1-7-10-13-16-19-22-25-28-30-31-32-33-36-39-42-45-48-51-58(62)60-56(55-67-69(64,65)66-54-53-61(4,5)6)57(50-47-44-41-38-35-27-24-21-18-15-12-9-3)68-59(63)52-49-46-43-40-37-34-29-26-23-20-17-14-11-8-2/h11,14,19-20,22-23,28-30,32-34,39,42,47,50,56-57H,7-10,12-13,15-18,21,24-27,31,35-38,40-41,43-46,48-49,51-55H2,1-6H3,(H-,60,62,64,65)/p+1/b14-11+,22-19-,23-20+,30-28-,33-32-,34-29+,42-39-,50-47+. The maximum atomic E-state index is 13.5. The highest BCUT2D eigenvalue weighted by Gasteiger charge is 2.30. The molecule has 9 nitrogen and oxygen atoms in total. The van der Waals surface area contributed by atoms with E-state index in [-0.39, 0.29) is 37.9 Å². The summed E-state index contributed by atoms with van der Waals surface area (Å²) in [6.45, 7) is 6.78. The molecule has 3 unspecified atom stereocenters. The number of allylic oxidation sites excluding steroid dienone is 15. The number of hydrogen-bond donors (Lipinski definition) is 2. The predicted octanol–water partition coefficient (Wildman–Crippen LogP) is 16.4. The molecular formula is C59H104N2O7P+. The minimum atomic E-state index is -4.47. The first-order chi connectivity index (χ1) is 33.4. The Bertz CT molecular complexity index is 1510. The van der Waals surface area contributed by atoms with Crippen molar-refractivity contribution in [2.75, 3.05) is 40.9 Å². The van der Waals surface area contributed by atoms with Gasteiger partial charge >= 0.3 is 13.8 Å². The zero-order chi connectivity index (χ0) is 50.8. The van der Waals surface area contributed by atoms with Gasteiger partial charge in [0.2, 0.25) is 5.91 Å². The molecule has 0 saturated carbocycles. The molecule has 0 aliphatic heterocycles. The second-order valence-corrected chi connectivity index (χ2v) is 20.8. The van der Waals surface area contributed by atoms with Crippen molar-refractivity contribution in [2.45, 2.75) is 226 Å². The second-order valence-electron chi connectivity index (χ2n) is 19.4. The van der Waals surface area contributed by atoms with E-state index in [1.54, 1.807) is 0 Å². The SMILES string of the molecule is CC/C=C/C/C=C/C/C=C/CCCCCCC(=O)OC(/C=C/CCCCCCCCCCCC)C(COP(=O)(O)OCC[N+](C)(C)C)NC(=O)CCC/C=C\C/C=C\C/C=C\C/C=C\CCCCC. The van der Waals surface area contributed by atoms with Crippen LogP contribution >= 0.6 is 7.82 Å². The summed E-state index contributed by atoms with van der Waals surface area (Å²) in [5.74, 6) is -0.605. The van der Waals surface area contributed by atoms with Gasteiger partial charge in [0.25, 0.3) is 0 Å². The van der Waals surface area contributed by atoms with Crippen molar-refractivity contribution in [3.63, 3.8) is 0 Å². The third-order valence-electron chi connectivity index (χ3n) is 11.5. The summed E-state index contributed by atoms with van der Waals surface area (Å²) in [6, 6.07) is -0.890. The Balaban J connectivity index is 5.53. The van der Waals surface area contributed by atoms with Gasteiger partial charge in [-0.2, -0.15) is 0 Å². The molecule has 10 heteroatoms. The number of nitrogens with zero attached hydrogens (tertiary/aromatic N) is 1. The molecule has 0 heterocycles. The van der Waals surface area contributed by atoms with Crippen molar-refractivity contribution in [1.29, 1.82) is 0 Å². The number of quaternary nitrogens is 1. The molecule has 0 bridgehead atoms. The summed E-state index contributed by atoms with van der Waals surface area (Å²) < 4.78 is 30.5. The topological polar surface area (TPSA) is 111 Å². The van der Waals surface area contributed by atoms with Crippen LogP contribution in [0, 0.1) is 0 Å². The molecule has 3 atom stereocenters. The molecule has 0 fully saturated rings. The van der Waals surface area contributed by atoms with Crippen LogP contribution < -0.4 is 5.32 Å². The Morgan fingerprint density at radius 1 is 0.522 bits per heavy atom. The predicted molar refractivity (Wildman–Crippen MR) is 295 cm³/mol. The average Bonchev–Trinajstić information content (AvgIpc) is 3.31. The zero-order valence-corrected chi connectivity index (χ0v) is 45.9. The van der Waals surface area contributed by atoms with E-state index < -0.39 is 20.0 Å². The number of nitrogens with one attached hydrogen (secondary N) is 1. The first kappa shape index (κ1) is 65.9. The molecule has 0 aliphatic carbocycles. The zero-order valence-electron chi connectivity index (χ0n) is 45.0. The first-order valence-electron chi connectivity index (χ1n) is 27.6. The van der Waals surface area contributed by atoms with Gasteiger partial charge in [0.05, 0.1) is 33.8 Å². The molecule has 2 N–H and O–H groups in total. The van der Waals surface area contributed by atoms with Crippen molar-refractivity contribution in [2.24, 2.45) is 0 Å². The summed E-state index contributed by atoms with van der Waals surface area (Å²) in [7, 11) is 1.43. The van der Waals surface area contributed by atoms with Crippen LogP contribution in [0.5, 0.6) is 0 Å². The van der Waals surface area contributed by atoms with E-state index in [0.29, 0.717) is 23.9 Å². The Labute approximate surface area is 424 Å². The molecular weight excluding hydrogens is 880 g/mol. The number of hydrogen-bond acceptors (Lipinski definition) is 6. The van der Waals surface area contributed by atoms with E-state index in [9.17, 15) is 19.0 Å². The van der Waals surface area contributed by atoms with Crippen LogP contribution in [-0.4, -0.2) is 74.3 Å². The summed E-state index contributed by atoms with van der Waals surface area (Å²) in [4.78, 5) is 37.5. The van der Waals surface area contributed by atoms with Gasteiger partial charge in [-0.3, -0.25) is 18.6 Å². The molecule has 0 spiro atoms. The summed E-state index contributed by atoms with van der Waals surface area (Å²) >= 11 is 0. The summed E-state index contributed by atoms with van der Waals surface area (Å²) in [5, 5.41) is 3.00. The summed E-state index contributed by atoms with van der Waals surface area (Å²) in [6.07, 6.45) is 64.1. The number of phosphoric ester groups is 1. The number of likely N-dealkylation sites (N-methyl/N-ethyl adjacent to an activating group) is 1. The Morgan fingerprint density at radius 2 is 0.942 bits per heavy atom. The highest BCUT2D eigenvalue weighted by atomic mass is 31.2. The van der Waals surface area contributed by atoms with Crippen molar-refractivity contribution >= 4 is 19.7 Å². The molecule has 0 aliphatic rings. The second kappa shape index (κ2) is 48.6. The molecule has 1 amide bonds. The normalized spacial score (nSPS) is 14.6. The maximum Gasteiger partial charge on any atom is 0.472 e. The van der Waals surface area contributed by atoms with Crippen LogP contribution in [0.3, 0.4) is 0 Å². The van der Waals surface area contributed by atoms with E-state index in [2.05, 4.69) is 111 Å². The quantitative estimate of drug-likeness (QED) is 0.0205. The lowest BCUT2D eigenvalue weighted by Crippen LogP contribution is -2.47. The van der Waals surface area contributed by atoms with E-state index >= 15 is 0 Å². The number of carbonyl (C=O) groups excluding carboxylic acids is 2. The highest BCUT2D eigenvalue weighted by Crippen LogP contribution is 2.43. The van der Waals surface area contributed by atoms with Gasteiger partial charge in [0.1, 0.15) is 19.3 Å². The highest BCUT2D eigenvalue weighted by molar-refractivity contribution is 7.47. The lowest BCUT2D eigenvalue weighted by atomic mass is 10.1. The van der Waals surface area contributed by atoms with Gasteiger partial charge in [-0.25, -0.2) is 4.57 Å². The lowest BCUT2D eigenvalue weighted by molar-refractivity contribution is -0.870. The number of esters is 1. The van der Waals surface area contributed by atoms with Crippen LogP contribution in [0.25, 0.3) is 0 Å². The van der Waals surface area contributed by atoms with Crippen LogP contribution in [0.2, 0.25) is 0 Å². The minimum absolute atomic E-state index is 0.0216. The monoisotopic (exact) mass is 984 g/mol. The number of phosphoric acid groups is 1. The molecule has 0 aromatic rings. The van der Waals surface area contributed by atoms with E-state index in [0.717, 1.165) is 89.9 Å². The van der Waals surface area contributed by atoms with Crippen LogP contribution in [0.4, 0.5) is 0 Å². The molecule has 0 aromatic heterocycles. The van der Waals surface area contributed by atoms with Gasteiger partial charge in [0, 0.05) is 12.8 Å². The molecule has 396 valence electrons. The van der Waals surface area contributed by atoms with Gasteiger partial charge < -0.3 is 19.4 Å². The van der Waals surface area contributed by atoms with Gasteiger partial charge in [-0.15, -0.1) is 0 Å². The molecule has 69 heavy (non-hydrogen) atoms. The minimum Gasteiger partial charge on any atom is -0.456 e. The molecule has 0 rings (SSSR count). The molecule has 0 saturated heterocycles. The third kappa shape index (κ3) is 49.7.